The van der Waals surface area contributed by atoms with Gasteiger partial charge in [-0.1, -0.05) is 0 Å². The largest absolute Gasteiger partial charge is 0.477 e. The molecule has 0 unspecified atom stereocenters. The molecule has 1 aromatic rings. The highest BCUT2D eigenvalue weighted by Gasteiger charge is 2.04. The molecule has 4 heteroatoms. The van der Waals surface area contributed by atoms with Crippen LogP contribution in [0.5, 0.6) is 0 Å². The van der Waals surface area contributed by atoms with Gasteiger partial charge in [-0.25, -0.2) is 4.79 Å². The first kappa shape index (κ1) is 6.54. The van der Waals surface area contributed by atoms with E-state index in [-0.39, 0.29) is 5.56 Å². The van der Waals surface area contributed by atoms with Crippen molar-refractivity contribution in [3.8, 4) is 0 Å². The van der Waals surface area contributed by atoms with Gasteiger partial charge < -0.3 is 10.1 Å². The van der Waals surface area contributed by atoms with E-state index in [0.717, 1.165) is 0 Å². The number of aromatic nitrogens is 1. The zero-order valence-corrected chi connectivity index (χ0v) is 5.00. The summed E-state index contributed by atoms with van der Waals surface area (Å²) in [7, 11) is 0. The molecular formula is C6H5NO3. The molecule has 0 bridgehead atoms. The van der Waals surface area contributed by atoms with Crippen LogP contribution in [-0.2, 0) is 0 Å². The van der Waals surface area contributed by atoms with Crippen molar-refractivity contribution in [3.05, 3.63) is 34.2 Å². The Balaban J connectivity index is 3.29. The topological polar surface area (TPSA) is 70.2 Å². The normalized spacial score (nSPS) is 9.20. The smallest absolute Gasteiger partial charge is 0.341 e. The lowest BCUT2D eigenvalue weighted by Crippen LogP contribution is -2.15. The number of carboxylic acids is 1. The lowest BCUT2D eigenvalue weighted by atomic mass is 10.7. The molecule has 0 aliphatic heterocycles. The van der Waals surface area contributed by atoms with Crippen LogP contribution in [0.15, 0.2) is 23.1 Å². The van der Waals surface area contributed by atoms with Gasteiger partial charge in [0.2, 0.25) is 0 Å². The van der Waals surface area contributed by atoms with Gasteiger partial charge >= 0.3 is 5.97 Å². The van der Waals surface area contributed by atoms with Crippen LogP contribution in [0.1, 0.15) is 10.4 Å². The summed E-state index contributed by atoms with van der Waals surface area (Å²) in [6.07, 6.45) is 1.38. The predicted molar refractivity (Wildman–Crippen MR) is 34.0 cm³/mol. The molecule has 0 atom stereocenters. The molecule has 0 saturated heterocycles. The van der Waals surface area contributed by atoms with Gasteiger partial charge in [0.05, 0.1) is 0 Å². The summed E-state index contributed by atoms with van der Waals surface area (Å²) in [5.41, 5.74) is -0.808. The number of aromatic carboxylic acids is 1. The first-order valence-electron chi connectivity index (χ1n) is 2.63. The quantitative estimate of drug-likeness (QED) is 0.581. The molecule has 1 heterocycles. The van der Waals surface area contributed by atoms with Crippen molar-refractivity contribution >= 4 is 5.97 Å². The van der Waals surface area contributed by atoms with Crippen molar-refractivity contribution < 1.29 is 9.90 Å². The van der Waals surface area contributed by atoms with Gasteiger partial charge in [-0.3, -0.25) is 4.79 Å². The first-order chi connectivity index (χ1) is 4.72. The molecular weight excluding hydrogens is 136 g/mol. The highest BCUT2D eigenvalue weighted by molar-refractivity contribution is 5.86. The van der Waals surface area contributed by atoms with Crippen LogP contribution in [0.2, 0.25) is 0 Å². The lowest BCUT2D eigenvalue weighted by Gasteiger charge is -1.88. The van der Waals surface area contributed by atoms with Crippen molar-refractivity contribution in [1.29, 1.82) is 0 Å². The summed E-state index contributed by atoms with van der Waals surface area (Å²) in [6.45, 7) is 0. The zero-order chi connectivity index (χ0) is 7.56. The summed E-state index contributed by atoms with van der Waals surface area (Å²) < 4.78 is 0. The van der Waals surface area contributed by atoms with Gasteiger partial charge in [0.15, 0.2) is 0 Å². The first-order valence-corrected chi connectivity index (χ1v) is 2.63. The van der Waals surface area contributed by atoms with Crippen LogP contribution in [0, 0.1) is 0 Å². The molecule has 0 saturated carbocycles. The molecule has 4 nitrogen and oxygen atoms in total. The molecule has 0 aliphatic rings. The van der Waals surface area contributed by atoms with E-state index in [1.54, 1.807) is 0 Å². The number of H-pyrrole nitrogens is 1. The Hall–Kier alpha value is -1.58. The maximum atomic E-state index is 10.6. The number of carbonyl (C=O) groups is 1. The number of nitrogens with one attached hydrogen (secondary N) is 1. The maximum Gasteiger partial charge on any atom is 0.341 e. The summed E-state index contributed by atoms with van der Waals surface area (Å²) in [4.78, 5) is 23.1. The van der Waals surface area contributed by atoms with Crippen LogP contribution >= 0.6 is 0 Å². The Morgan fingerprint density at radius 1 is 1.70 bits per heavy atom. The average Bonchev–Trinajstić information content (AvgIpc) is 1.88. The van der Waals surface area contributed by atoms with E-state index >= 15 is 0 Å². The molecule has 0 aromatic carbocycles. The Labute approximate surface area is 56.1 Å². The molecule has 52 valence electrons. The fourth-order valence-electron chi connectivity index (χ4n) is 0.590. The van der Waals surface area contributed by atoms with Gasteiger partial charge in [-0.2, -0.15) is 0 Å². The summed E-state index contributed by atoms with van der Waals surface area (Å²) >= 11 is 0. The Morgan fingerprint density at radius 3 is 2.80 bits per heavy atom. The third-order valence-electron chi connectivity index (χ3n) is 1.05. The predicted octanol–water partition coefficient (Wildman–Crippen LogP) is 0.0731. The third-order valence-corrected chi connectivity index (χ3v) is 1.05. The fourth-order valence-corrected chi connectivity index (χ4v) is 0.590. The molecule has 1 aromatic heterocycles. The highest BCUT2D eigenvalue weighted by Crippen LogP contribution is 1.86. The second kappa shape index (κ2) is 2.34. The number of hydrogen-bond acceptors (Lipinski definition) is 2. The zero-order valence-electron chi connectivity index (χ0n) is 5.00. The number of pyridine rings is 1. The maximum absolute atomic E-state index is 10.6. The van der Waals surface area contributed by atoms with Crippen LogP contribution in [-0.4, -0.2) is 16.1 Å². The van der Waals surface area contributed by atoms with Crippen LogP contribution in [0.3, 0.4) is 0 Å². The Bertz CT molecular complexity index is 302. The molecule has 0 amide bonds. The Kier molecular flexibility index (Phi) is 1.53. The van der Waals surface area contributed by atoms with Crippen molar-refractivity contribution in [2.45, 2.75) is 0 Å². The van der Waals surface area contributed by atoms with Crippen LogP contribution in [0.25, 0.3) is 0 Å². The third kappa shape index (κ3) is 1.05. The minimum Gasteiger partial charge on any atom is -0.477 e. The summed E-state index contributed by atoms with van der Waals surface area (Å²) in [5.74, 6) is -1.21. The van der Waals surface area contributed by atoms with E-state index in [2.05, 4.69) is 4.98 Å². The van der Waals surface area contributed by atoms with Crippen LogP contribution in [0.4, 0.5) is 0 Å². The summed E-state index contributed by atoms with van der Waals surface area (Å²) in [6, 6.07) is 2.71. The van der Waals surface area contributed by atoms with Gasteiger partial charge in [-0.05, 0) is 12.1 Å². The van der Waals surface area contributed by atoms with E-state index in [1.165, 1.54) is 18.3 Å². The van der Waals surface area contributed by atoms with Gasteiger partial charge in [0, 0.05) is 6.20 Å². The molecule has 0 aliphatic carbocycles. The number of hydrogen-bond donors (Lipinski definition) is 2. The van der Waals surface area contributed by atoms with Crippen molar-refractivity contribution in [3.63, 3.8) is 0 Å². The second-order valence-electron chi connectivity index (χ2n) is 1.72. The van der Waals surface area contributed by atoms with E-state index in [1.807, 2.05) is 0 Å². The van der Waals surface area contributed by atoms with E-state index < -0.39 is 11.5 Å². The number of rotatable bonds is 1. The molecule has 10 heavy (non-hydrogen) atoms. The minimum absolute atomic E-state index is 0.234. The van der Waals surface area contributed by atoms with Crippen LogP contribution < -0.4 is 5.56 Å². The number of carboxylic acid groups (broad SMARTS) is 1. The van der Waals surface area contributed by atoms with Gasteiger partial charge in [0.25, 0.3) is 5.56 Å². The van der Waals surface area contributed by atoms with Crippen molar-refractivity contribution in [2.75, 3.05) is 0 Å². The minimum atomic E-state index is -1.21. The van der Waals surface area contributed by atoms with Gasteiger partial charge in [0.1, 0.15) is 5.56 Å². The Morgan fingerprint density at radius 2 is 2.40 bits per heavy atom. The standard InChI is InChI=1S/C6H5NO3/c8-5-4(6(9)10)2-1-3-7-5/h1-3H,(H,7,8)(H,9,10)/i4+2. The number of aromatic amines is 1. The molecule has 2 N–H and O–H groups in total. The highest BCUT2D eigenvalue weighted by atomic mass is 16.4. The van der Waals surface area contributed by atoms with Crippen molar-refractivity contribution in [2.24, 2.45) is 0 Å². The monoisotopic (exact) mass is 141 g/mol. The van der Waals surface area contributed by atoms with Crippen molar-refractivity contribution in [1.82, 2.24) is 4.98 Å². The molecule has 1 rings (SSSR count). The SMILES string of the molecule is O=C(O)[14c]1ccc[nH]c1=O. The lowest BCUT2D eigenvalue weighted by molar-refractivity contribution is 0.0695. The average molecular weight is 141 g/mol. The second-order valence-corrected chi connectivity index (χ2v) is 1.72. The van der Waals surface area contributed by atoms with E-state index in [9.17, 15) is 9.59 Å². The summed E-state index contributed by atoms with van der Waals surface area (Å²) in [5, 5.41) is 8.35. The molecule has 0 spiro atoms. The molecule has 0 fully saturated rings. The molecule has 0 radical (unpaired) electrons. The fraction of sp³-hybridized carbons (Fsp3) is 0. The van der Waals surface area contributed by atoms with Gasteiger partial charge in [-0.15, -0.1) is 0 Å². The van der Waals surface area contributed by atoms with E-state index in [4.69, 9.17) is 5.11 Å². The van der Waals surface area contributed by atoms with E-state index in [0.29, 0.717) is 0 Å².